The van der Waals surface area contributed by atoms with Crippen molar-refractivity contribution in [3.05, 3.63) is 45.3 Å². The zero-order chi connectivity index (χ0) is 23.2. The summed E-state index contributed by atoms with van der Waals surface area (Å²) in [5, 5.41) is 3.86. The van der Waals surface area contributed by atoms with Gasteiger partial charge in [-0.2, -0.15) is 13.2 Å². The number of rotatable bonds is 3. The highest BCUT2D eigenvalue weighted by Gasteiger charge is 2.42. The molecule has 4 rings (SSSR count). The zero-order valence-corrected chi connectivity index (χ0v) is 19.2. The second-order valence-corrected chi connectivity index (χ2v) is 9.68. The van der Waals surface area contributed by atoms with Gasteiger partial charge in [0, 0.05) is 62.4 Å². The van der Waals surface area contributed by atoms with E-state index in [1.54, 1.807) is 6.07 Å². The van der Waals surface area contributed by atoms with E-state index in [1.807, 2.05) is 51.0 Å². The van der Waals surface area contributed by atoms with Crippen molar-refractivity contribution in [2.45, 2.75) is 24.9 Å². The van der Waals surface area contributed by atoms with E-state index in [2.05, 4.69) is 10.2 Å². The minimum absolute atomic E-state index is 0.482. The van der Waals surface area contributed by atoms with Gasteiger partial charge in [-0.05, 0) is 49.2 Å². The fourth-order valence-corrected chi connectivity index (χ4v) is 5.72. The first-order chi connectivity index (χ1) is 15.1. The number of nitrogens with one attached hydrogen (secondary N) is 1. The summed E-state index contributed by atoms with van der Waals surface area (Å²) in [6.45, 7) is 6.96. The third kappa shape index (κ3) is 4.21. The fraction of sp³-hybridized carbons (Fsp3) is 0.409. The predicted molar refractivity (Wildman–Crippen MR) is 119 cm³/mol. The second kappa shape index (κ2) is 8.40. The molecule has 2 aliphatic rings. The van der Waals surface area contributed by atoms with Crippen LogP contribution in [0.5, 0.6) is 0 Å². The Morgan fingerprint density at radius 1 is 1.12 bits per heavy atom. The number of halogens is 3. The fourth-order valence-electron chi connectivity index (χ4n) is 3.83. The van der Waals surface area contributed by atoms with E-state index in [0.717, 1.165) is 48.7 Å². The van der Waals surface area contributed by atoms with Gasteiger partial charge in [0.15, 0.2) is 0 Å². The maximum Gasteiger partial charge on any atom is 0.492 e. The van der Waals surface area contributed by atoms with E-state index in [1.165, 1.54) is 0 Å². The number of alkyl halides is 3. The molecule has 32 heavy (non-hydrogen) atoms. The van der Waals surface area contributed by atoms with Crippen LogP contribution in [0.25, 0.3) is 0 Å². The lowest BCUT2D eigenvalue weighted by molar-refractivity contribution is -0.188. The normalized spacial score (nSPS) is 17.8. The minimum Gasteiger partial charge on any atom is -0.388 e. The van der Waals surface area contributed by atoms with E-state index in [0.29, 0.717) is 20.5 Å². The van der Waals surface area contributed by atoms with Crippen LogP contribution in [0.2, 0.25) is 0 Å². The van der Waals surface area contributed by atoms with E-state index in [4.69, 9.17) is 9.18 Å². The van der Waals surface area contributed by atoms with Crippen molar-refractivity contribution in [3.63, 3.8) is 0 Å². The SMILES string of the molecule is Cc1cc(N(C)C)cc2c1N=c1c(C)cc(N3CCNCC3)cc1=S2OC(=O)C(F)(F)F. The Kier molecular flexibility index (Phi) is 5.93. The molecule has 0 bridgehead atoms. The summed E-state index contributed by atoms with van der Waals surface area (Å²) in [6.07, 6.45) is -5.08. The topological polar surface area (TPSA) is 57.2 Å². The van der Waals surface area contributed by atoms with Gasteiger partial charge in [-0.1, -0.05) is 0 Å². The number of hydrogen-bond acceptors (Lipinski definition) is 6. The van der Waals surface area contributed by atoms with Crippen molar-refractivity contribution >= 4 is 33.8 Å². The van der Waals surface area contributed by atoms with Gasteiger partial charge in [-0.25, -0.2) is 9.79 Å². The number of hydrogen-bond donors (Lipinski definition) is 1. The molecular formula is C22H25F3N4O2S. The quantitative estimate of drug-likeness (QED) is 0.700. The van der Waals surface area contributed by atoms with Gasteiger partial charge < -0.3 is 19.3 Å². The maximum absolute atomic E-state index is 13.2. The van der Waals surface area contributed by atoms with Gasteiger partial charge in [-0.3, -0.25) is 0 Å². The molecule has 0 amide bonds. The van der Waals surface area contributed by atoms with Crippen LogP contribution >= 0.6 is 10.8 Å². The molecule has 1 atom stereocenters. The second-order valence-electron chi connectivity index (χ2n) is 8.10. The summed E-state index contributed by atoms with van der Waals surface area (Å²) < 4.78 is 45.2. The van der Waals surface area contributed by atoms with Crippen LogP contribution in [-0.4, -0.2) is 52.4 Å². The average molecular weight is 467 g/mol. The average Bonchev–Trinajstić information content (AvgIpc) is 2.74. The number of benzene rings is 2. The van der Waals surface area contributed by atoms with Gasteiger partial charge in [0.1, 0.15) is 0 Å². The summed E-state index contributed by atoms with van der Waals surface area (Å²) >= 11 is 0. The maximum atomic E-state index is 13.2. The molecule has 0 saturated carbocycles. The van der Waals surface area contributed by atoms with Crippen molar-refractivity contribution in [2.75, 3.05) is 50.1 Å². The van der Waals surface area contributed by atoms with E-state index in [9.17, 15) is 18.0 Å². The Balaban J connectivity index is 2.00. The highest BCUT2D eigenvalue weighted by Crippen LogP contribution is 2.45. The van der Waals surface area contributed by atoms with Crippen LogP contribution in [0.15, 0.2) is 34.2 Å². The molecule has 1 fully saturated rings. The van der Waals surface area contributed by atoms with Crippen molar-refractivity contribution in [1.82, 2.24) is 5.32 Å². The highest BCUT2D eigenvalue weighted by atomic mass is 32.2. The molecule has 1 N–H and O–H groups in total. The lowest BCUT2D eigenvalue weighted by Gasteiger charge is -2.30. The molecule has 2 aliphatic heterocycles. The number of carbonyl (C=O) groups excluding carboxylic acids is 1. The van der Waals surface area contributed by atoms with Crippen LogP contribution < -0.4 is 20.5 Å². The van der Waals surface area contributed by atoms with Gasteiger partial charge >= 0.3 is 12.1 Å². The molecule has 2 aromatic rings. The number of aryl methyl sites for hydroxylation is 2. The first kappa shape index (κ1) is 22.6. The van der Waals surface area contributed by atoms with E-state index < -0.39 is 22.9 Å². The molecular weight excluding hydrogens is 441 g/mol. The summed E-state index contributed by atoms with van der Waals surface area (Å²) in [6, 6.07) is 7.50. The van der Waals surface area contributed by atoms with Crippen LogP contribution in [0.4, 0.5) is 30.2 Å². The molecule has 2 aromatic carbocycles. The number of carbonyl (C=O) groups is 1. The van der Waals surface area contributed by atoms with Crippen molar-refractivity contribution < 1.29 is 22.1 Å². The van der Waals surface area contributed by atoms with Crippen molar-refractivity contribution in [2.24, 2.45) is 4.99 Å². The number of fused-ring (bicyclic) bond motifs is 2. The van der Waals surface area contributed by atoms with Gasteiger partial charge in [0.05, 0.1) is 20.5 Å². The Labute approximate surface area is 186 Å². The molecule has 0 aromatic heterocycles. The standard InChI is InChI=1S/C22H25F3N4O2S/c1-13-9-15(28(3)4)11-17-19(13)27-20-14(2)10-16(29-7-5-26-6-8-29)12-18(20)32(17)31-21(30)22(23,24)25/h9-12,26H,5-8H2,1-4H3. The lowest BCUT2D eigenvalue weighted by Crippen LogP contribution is -2.43. The smallest absolute Gasteiger partial charge is 0.388 e. The van der Waals surface area contributed by atoms with Gasteiger partial charge in [-0.15, -0.1) is 0 Å². The number of piperazine rings is 1. The molecule has 0 spiro atoms. The third-order valence-corrected chi connectivity index (χ3v) is 7.25. The van der Waals surface area contributed by atoms with Crippen LogP contribution in [0.1, 0.15) is 11.1 Å². The third-order valence-electron chi connectivity index (χ3n) is 5.51. The first-order valence-corrected chi connectivity index (χ1v) is 11.4. The number of nitrogens with zero attached hydrogens (tertiary/aromatic N) is 3. The summed E-state index contributed by atoms with van der Waals surface area (Å²) in [4.78, 5) is 21.2. The van der Waals surface area contributed by atoms with Crippen molar-refractivity contribution in [1.29, 1.82) is 0 Å². The monoisotopic (exact) mass is 466 g/mol. The molecule has 1 unspecified atom stereocenters. The van der Waals surface area contributed by atoms with E-state index >= 15 is 0 Å². The molecule has 0 radical (unpaired) electrons. The zero-order valence-electron chi connectivity index (χ0n) is 18.3. The molecule has 1 saturated heterocycles. The molecule has 0 aliphatic carbocycles. The van der Waals surface area contributed by atoms with Crippen molar-refractivity contribution in [3.8, 4) is 0 Å². The van der Waals surface area contributed by atoms with Gasteiger partial charge in [0.2, 0.25) is 0 Å². The first-order valence-electron chi connectivity index (χ1n) is 10.2. The summed E-state index contributed by atoms with van der Waals surface area (Å²) in [7, 11) is 2.13. The Morgan fingerprint density at radius 2 is 1.81 bits per heavy atom. The van der Waals surface area contributed by atoms with E-state index in [-0.39, 0.29) is 0 Å². The largest absolute Gasteiger partial charge is 0.492 e. The number of anilines is 2. The summed E-state index contributed by atoms with van der Waals surface area (Å²) in [5.74, 6) is -2.20. The Morgan fingerprint density at radius 3 is 2.44 bits per heavy atom. The molecule has 10 heteroatoms. The predicted octanol–water partition coefficient (Wildman–Crippen LogP) is 3.64. The Bertz CT molecular complexity index is 1210. The molecule has 172 valence electrons. The van der Waals surface area contributed by atoms with Gasteiger partial charge in [0.25, 0.3) is 0 Å². The lowest BCUT2D eigenvalue weighted by atomic mass is 10.1. The Hall–Kier alpha value is -2.59. The highest BCUT2D eigenvalue weighted by molar-refractivity contribution is 8.05. The molecule has 2 heterocycles. The summed E-state index contributed by atoms with van der Waals surface area (Å²) in [5.41, 5.74) is 3.89. The minimum atomic E-state index is -5.08. The van der Waals surface area contributed by atoms with Crippen LogP contribution in [0.3, 0.4) is 0 Å². The molecule has 6 nitrogen and oxygen atoms in total. The van der Waals surface area contributed by atoms with Crippen LogP contribution in [-0.2, 0) is 8.98 Å². The van der Waals surface area contributed by atoms with Crippen LogP contribution in [0, 0.1) is 18.4 Å².